The largest absolute Gasteiger partial charge is 0.445 e. The van der Waals surface area contributed by atoms with Crippen molar-refractivity contribution in [3.05, 3.63) is 35.9 Å². The first-order valence-electron chi connectivity index (χ1n) is 6.12. The number of ether oxygens (including phenoxy) is 1. The Balaban J connectivity index is 1.82. The minimum absolute atomic E-state index is 0.190. The maximum atomic E-state index is 11.8. The zero-order chi connectivity index (χ0) is 12.3. The highest BCUT2D eigenvalue weighted by atomic mass is 16.6. The van der Waals surface area contributed by atoms with Crippen LogP contribution in [-0.2, 0) is 11.3 Å². The molecule has 0 spiro atoms. The summed E-state index contributed by atoms with van der Waals surface area (Å²) < 4.78 is 5.30. The summed E-state index contributed by atoms with van der Waals surface area (Å²) in [6, 6.07) is 9.77. The molecule has 92 valence electrons. The molecular formula is C14H19NO2. The monoisotopic (exact) mass is 233 g/mol. The summed E-state index contributed by atoms with van der Waals surface area (Å²) in [5, 5.41) is 0. The van der Waals surface area contributed by atoms with Crippen LogP contribution in [0.5, 0.6) is 0 Å². The minimum Gasteiger partial charge on any atom is -0.445 e. The summed E-state index contributed by atoms with van der Waals surface area (Å²) in [5.74, 6) is 1.14. The zero-order valence-corrected chi connectivity index (χ0v) is 10.4. The lowest BCUT2D eigenvalue weighted by Gasteiger charge is -2.15. The van der Waals surface area contributed by atoms with E-state index in [2.05, 4.69) is 13.8 Å². The molecule has 1 fully saturated rings. The van der Waals surface area contributed by atoms with E-state index >= 15 is 0 Å². The maximum Gasteiger partial charge on any atom is 0.410 e. The van der Waals surface area contributed by atoms with E-state index in [4.69, 9.17) is 4.74 Å². The lowest BCUT2D eigenvalue weighted by atomic mass is 10.0. The summed E-state index contributed by atoms with van der Waals surface area (Å²) in [6.45, 7) is 6.34. The molecule has 1 amide bonds. The van der Waals surface area contributed by atoms with Crippen LogP contribution in [-0.4, -0.2) is 24.1 Å². The van der Waals surface area contributed by atoms with E-state index < -0.39 is 0 Å². The topological polar surface area (TPSA) is 29.5 Å². The van der Waals surface area contributed by atoms with E-state index in [1.54, 1.807) is 4.90 Å². The molecule has 0 saturated carbocycles. The quantitative estimate of drug-likeness (QED) is 0.786. The third-order valence-corrected chi connectivity index (χ3v) is 3.45. The Morgan fingerprint density at radius 3 is 2.41 bits per heavy atom. The molecule has 3 heteroatoms. The second-order valence-electron chi connectivity index (χ2n) is 4.90. The van der Waals surface area contributed by atoms with Crippen molar-refractivity contribution < 1.29 is 9.53 Å². The summed E-state index contributed by atoms with van der Waals surface area (Å²) >= 11 is 0. The van der Waals surface area contributed by atoms with Gasteiger partial charge in [0.05, 0.1) is 0 Å². The Hall–Kier alpha value is -1.51. The molecular weight excluding hydrogens is 214 g/mol. The lowest BCUT2D eigenvalue weighted by molar-refractivity contribution is 0.102. The molecule has 17 heavy (non-hydrogen) atoms. The van der Waals surface area contributed by atoms with Gasteiger partial charge in [-0.2, -0.15) is 0 Å². The van der Waals surface area contributed by atoms with Gasteiger partial charge >= 0.3 is 6.09 Å². The predicted octanol–water partition coefficient (Wildman–Crippen LogP) is 2.91. The molecule has 1 aliphatic rings. The van der Waals surface area contributed by atoms with Gasteiger partial charge < -0.3 is 9.64 Å². The number of likely N-dealkylation sites (tertiary alicyclic amines) is 1. The summed E-state index contributed by atoms with van der Waals surface area (Å²) in [5.41, 5.74) is 1.03. The fourth-order valence-electron chi connectivity index (χ4n) is 2.09. The second kappa shape index (κ2) is 5.21. The average Bonchev–Trinajstić information content (AvgIpc) is 2.68. The van der Waals surface area contributed by atoms with Crippen LogP contribution < -0.4 is 0 Å². The van der Waals surface area contributed by atoms with Crippen molar-refractivity contribution in [2.75, 3.05) is 13.1 Å². The van der Waals surface area contributed by atoms with Crippen molar-refractivity contribution in [1.82, 2.24) is 4.90 Å². The molecule has 0 radical (unpaired) electrons. The summed E-state index contributed by atoms with van der Waals surface area (Å²) in [4.78, 5) is 13.6. The van der Waals surface area contributed by atoms with E-state index in [0.717, 1.165) is 18.7 Å². The Bertz CT molecular complexity index is 367. The summed E-state index contributed by atoms with van der Waals surface area (Å²) in [6.07, 6.45) is -0.190. The van der Waals surface area contributed by atoms with Gasteiger partial charge in [-0.3, -0.25) is 0 Å². The molecule has 1 heterocycles. The van der Waals surface area contributed by atoms with Gasteiger partial charge in [0, 0.05) is 13.1 Å². The fraction of sp³-hybridized carbons (Fsp3) is 0.500. The number of hydrogen-bond acceptors (Lipinski definition) is 2. The normalized spacial score (nSPS) is 23.8. The predicted molar refractivity (Wildman–Crippen MR) is 66.5 cm³/mol. The van der Waals surface area contributed by atoms with Gasteiger partial charge in [0.15, 0.2) is 0 Å². The maximum absolute atomic E-state index is 11.8. The first-order valence-corrected chi connectivity index (χ1v) is 6.12. The zero-order valence-electron chi connectivity index (χ0n) is 10.4. The van der Waals surface area contributed by atoms with Gasteiger partial charge in [-0.05, 0) is 17.4 Å². The second-order valence-corrected chi connectivity index (χ2v) is 4.90. The van der Waals surface area contributed by atoms with Crippen LogP contribution >= 0.6 is 0 Å². The molecule has 0 bridgehead atoms. The first kappa shape index (κ1) is 12.0. The Morgan fingerprint density at radius 1 is 1.24 bits per heavy atom. The van der Waals surface area contributed by atoms with Crippen LogP contribution in [0.3, 0.4) is 0 Å². The Morgan fingerprint density at radius 2 is 1.82 bits per heavy atom. The average molecular weight is 233 g/mol. The lowest BCUT2D eigenvalue weighted by Crippen LogP contribution is -2.29. The van der Waals surface area contributed by atoms with Crippen molar-refractivity contribution >= 4 is 6.09 Å². The number of nitrogens with zero attached hydrogens (tertiary/aromatic N) is 1. The Labute approximate surface area is 102 Å². The van der Waals surface area contributed by atoms with E-state index in [1.165, 1.54) is 0 Å². The molecule has 1 aromatic rings. The third-order valence-electron chi connectivity index (χ3n) is 3.45. The van der Waals surface area contributed by atoms with E-state index in [1.807, 2.05) is 30.3 Å². The number of hydrogen-bond donors (Lipinski definition) is 0. The van der Waals surface area contributed by atoms with Gasteiger partial charge in [0.1, 0.15) is 6.61 Å². The Kier molecular flexibility index (Phi) is 3.67. The van der Waals surface area contributed by atoms with E-state index in [9.17, 15) is 4.79 Å². The molecule has 2 rings (SSSR count). The van der Waals surface area contributed by atoms with Gasteiger partial charge in [-0.1, -0.05) is 44.2 Å². The number of amides is 1. The van der Waals surface area contributed by atoms with Crippen molar-refractivity contribution in [1.29, 1.82) is 0 Å². The standard InChI is InChI=1S/C14H19NO2/c1-11-8-15(9-12(11)2)14(16)17-10-13-6-4-3-5-7-13/h3-7,11-12H,8-10H2,1-2H3. The van der Waals surface area contributed by atoms with E-state index in [0.29, 0.717) is 18.4 Å². The fourth-order valence-corrected chi connectivity index (χ4v) is 2.09. The molecule has 2 unspecified atom stereocenters. The van der Waals surface area contributed by atoms with Gasteiger partial charge in [0.25, 0.3) is 0 Å². The van der Waals surface area contributed by atoms with Crippen LogP contribution in [0.15, 0.2) is 30.3 Å². The van der Waals surface area contributed by atoms with Gasteiger partial charge in [0.2, 0.25) is 0 Å². The highest BCUT2D eigenvalue weighted by Gasteiger charge is 2.30. The number of rotatable bonds is 2. The van der Waals surface area contributed by atoms with Gasteiger partial charge in [-0.15, -0.1) is 0 Å². The highest BCUT2D eigenvalue weighted by molar-refractivity contribution is 5.68. The van der Waals surface area contributed by atoms with Crippen molar-refractivity contribution in [3.8, 4) is 0 Å². The minimum atomic E-state index is -0.190. The molecule has 0 N–H and O–H groups in total. The molecule has 0 aliphatic carbocycles. The number of carbonyl (C=O) groups excluding carboxylic acids is 1. The molecule has 0 aromatic heterocycles. The summed E-state index contributed by atoms with van der Waals surface area (Å²) in [7, 11) is 0. The number of benzene rings is 1. The van der Waals surface area contributed by atoms with Crippen LogP contribution in [0.1, 0.15) is 19.4 Å². The van der Waals surface area contributed by atoms with Crippen LogP contribution in [0.4, 0.5) is 4.79 Å². The third kappa shape index (κ3) is 2.99. The van der Waals surface area contributed by atoms with Gasteiger partial charge in [-0.25, -0.2) is 4.79 Å². The number of carbonyl (C=O) groups is 1. The van der Waals surface area contributed by atoms with Crippen LogP contribution in [0.2, 0.25) is 0 Å². The van der Waals surface area contributed by atoms with Crippen molar-refractivity contribution in [2.45, 2.75) is 20.5 Å². The molecule has 1 aliphatic heterocycles. The smallest absolute Gasteiger partial charge is 0.410 e. The van der Waals surface area contributed by atoms with Crippen LogP contribution in [0, 0.1) is 11.8 Å². The highest BCUT2D eigenvalue weighted by Crippen LogP contribution is 2.22. The molecule has 1 aromatic carbocycles. The molecule has 1 saturated heterocycles. The first-order chi connectivity index (χ1) is 8.16. The van der Waals surface area contributed by atoms with Crippen molar-refractivity contribution in [3.63, 3.8) is 0 Å². The van der Waals surface area contributed by atoms with Crippen molar-refractivity contribution in [2.24, 2.45) is 11.8 Å². The SMILES string of the molecule is CC1CN(C(=O)OCc2ccccc2)CC1C. The molecule has 2 atom stereocenters. The van der Waals surface area contributed by atoms with E-state index in [-0.39, 0.29) is 6.09 Å². The molecule has 3 nitrogen and oxygen atoms in total. The van der Waals surface area contributed by atoms with Crippen LogP contribution in [0.25, 0.3) is 0 Å².